The lowest BCUT2D eigenvalue weighted by Gasteiger charge is -2.35. The van der Waals surface area contributed by atoms with Crippen LogP contribution in [-0.2, 0) is 5.92 Å². The van der Waals surface area contributed by atoms with Crippen molar-refractivity contribution in [2.45, 2.75) is 39.2 Å². The normalized spacial score (nSPS) is 22.0. The number of alkyl halides is 2. The van der Waals surface area contributed by atoms with E-state index in [0.717, 1.165) is 19.5 Å². The third-order valence-electron chi connectivity index (χ3n) is 4.15. The van der Waals surface area contributed by atoms with Crippen molar-refractivity contribution in [3.05, 3.63) is 35.9 Å². The molecule has 2 rings (SSSR count). The summed E-state index contributed by atoms with van der Waals surface area (Å²) in [6, 6.07) is 8.38. The van der Waals surface area contributed by atoms with E-state index in [0.29, 0.717) is 6.54 Å². The Bertz CT molecular complexity index is 440. The largest absolute Gasteiger partial charge is 0.312 e. The monoisotopic (exact) mass is 296 g/mol. The van der Waals surface area contributed by atoms with Crippen molar-refractivity contribution in [2.24, 2.45) is 5.41 Å². The summed E-state index contributed by atoms with van der Waals surface area (Å²) in [6.07, 6.45) is 0.914. The Morgan fingerprint density at radius 2 is 1.86 bits per heavy atom. The molecule has 0 aliphatic carbocycles. The zero-order chi connectivity index (χ0) is 15.5. The molecule has 1 aliphatic heterocycles. The van der Waals surface area contributed by atoms with E-state index in [2.05, 4.69) is 26.1 Å². The maximum absolute atomic E-state index is 14.4. The molecule has 1 saturated heterocycles. The molecule has 1 N–H and O–H groups in total. The van der Waals surface area contributed by atoms with Gasteiger partial charge in [-0.1, -0.05) is 51.1 Å². The molecule has 0 saturated carbocycles. The summed E-state index contributed by atoms with van der Waals surface area (Å²) >= 11 is 0. The van der Waals surface area contributed by atoms with E-state index in [4.69, 9.17) is 0 Å². The highest BCUT2D eigenvalue weighted by molar-refractivity contribution is 5.20. The van der Waals surface area contributed by atoms with Gasteiger partial charge in [0.25, 0.3) is 5.92 Å². The Hall–Kier alpha value is -1.00. The SMILES string of the molecule is CC(C)(C)C1CN(CC(F)(F)c2ccccc2)CCCN1. The van der Waals surface area contributed by atoms with Crippen LogP contribution >= 0.6 is 0 Å². The number of nitrogens with one attached hydrogen (secondary N) is 1. The fourth-order valence-electron chi connectivity index (χ4n) is 2.77. The Balaban J connectivity index is 2.07. The van der Waals surface area contributed by atoms with Gasteiger partial charge < -0.3 is 5.32 Å². The quantitative estimate of drug-likeness (QED) is 0.918. The summed E-state index contributed by atoms with van der Waals surface area (Å²) in [4.78, 5) is 1.91. The molecule has 2 nitrogen and oxygen atoms in total. The number of benzene rings is 1. The van der Waals surface area contributed by atoms with Crippen molar-refractivity contribution in [1.29, 1.82) is 0 Å². The standard InChI is InChI=1S/C17H26F2N2/c1-16(2,3)15-12-21(11-7-10-20-15)13-17(18,19)14-8-5-4-6-9-14/h4-6,8-9,15,20H,7,10-13H2,1-3H3. The molecule has 1 unspecified atom stereocenters. The van der Waals surface area contributed by atoms with Crippen LogP contribution in [0.25, 0.3) is 0 Å². The molecule has 118 valence electrons. The van der Waals surface area contributed by atoms with Crippen molar-refractivity contribution in [1.82, 2.24) is 10.2 Å². The predicted molar refractivity (Wildman–Crippen MR) is 82.6 cm³/mol. The molecule has 1 aromatic rings. The molecule has 1 aliphatic rings. The molecule has 0 bridgehead atoms. The average Bonchev–Trinajstić information content (AvgIpc) is 2.64. The van der Waals surface area contributed by atoms with Gasteiger partial charge in [-0.15, -0.1) is 0 Å². The lowest BCUT2D eigenvalue weighted by Crippen LogP contribution is -2.48. The fraction of sp³-hybridized carbons (Fsp3) is 0.647. The van der Waals surface area contributed by atoms with Gasteiger partial charge in [0.15, 0.2) is 0 Å². The van der Waals surface area contributed by atoms with Crippen molar-refractivity contribution in [3.8, 4) is 0 Å². The van der Waals surface area contributed by atoms with E-state index < -0.39 is 5.92 Å². The number of halogens is 2. The van der Waals surface area contributed by atoms with Gasteiger partial charge in [-0.25, -0.2) is 0 Å². The first-order valence-electron chi connectivity index (χ1n) is 7.68. The van der Waals surface area contributed by atoms with Gasteiger partial charge in [0, 0.05) is 18.2 Å². The molecule has 1 heterocycles. The first kappa shape index (κ1) is 16.4. The first-order chi connectivity index (χ1) is 9.79. The van der Waals surface area contributed by atoms with Crippen LogP contribution in [0.15, 0.2) is 30.3 Å². The van der Waals surface area contributed by atoms with E-state index in [-0.39, 0.29) is 23.6 Å². The zero-order valence-electron chi connectivity index (χ0n) is 13.2. The summed E-state index contributed by atoms with van der Waals surface area (Å²) in [7, 11) is 0. The summed E-state index contributed by atoms with van der Waals surface area (Å²) in [5, 5.41) is 3.49. The van der Waals surface area contributed by atoms with Crippen molar-refractivity contribution in [3.63, 3.8) is 0 Å². The second-order valence-corrected chi connectivity index (χ2v) is 7.03. The van der Waals surface area contributed by atoms with Crippen LogP contribution in [0.2, 0.25) is 0 Å². The number of nitrogens with zero attached hydrogens (tertiary/aromatic N) is 1. The smallest absolute Gasteiger partial charge is 0.285 e. The summed E-state index contributed by atoms with van der Waals surface area (Å²) in [5.74, 6) is -2.80. The Kier molecular flexibility index (Phi) is 4.99. The van der Waals surface area contributed by atoms with Crippen LogP contribution in [0.4, 0.5) is 8.78 Å². The van der Waals surface area contributed by atoms with Crippen molar-refractivity contribution >= 4 is 0 Å². The summed E-state index contributed by atoms with van der Waals surface area (Å²) in [6.45, 7) is 8.56. The molecule has 4 heteroatoms. The van der Waals surface area contributed by atoms with E-state index in [1.807, 2.05) is 4.90 Å². The van der Waals surface area contributed by atoms with Crippen LogP contribution in [0.5, 0.6) is 0 Å². The van der Waals surface area contributed by atoms with Gasteiger partial charge in [0.05, 0.1) is 6.54 Å². The summed E-state index contributed by atoms with van der Waals surface area (Å²) < 4.78 is 28.9. The van der Waals surface area contributed by atoms with Crippen LogP contribution in [0, 0.1) is 5.41 Å². The van der Waals surface area contributed by atoms with E-state index in [9.17, 15) is 8.78 Å². The van der Waals surface area contributed by atoms with Crippen LogP contribution < -0.4 is 5.32 Å². The predicted octanol–water partition coefficient (Wildman–Crippen LogP) is 3.49. The maximum Gasteiger partial charge on any atom is 0.285 e. The lowest BCUT2D eigenvalue weighted by atomic mass is 9.86. The number of hydrogen-bond donors (Lipinski definition) is 1. The Morgan fingerprint density at radius 3 is 2.48 bits per heavy atom. The van der Waals surface area contributed by atoms with E-state index in [1.54, 1.807) is 18.2 Å². The zero-order valence-corrected chi connectivity index (χ0v) is 13.2. The highest BCUT2D eigenvalue weighted by Crippen LogP contribution is 2.30. The molecule has 1 fully saturated rings. The lowest BCUT2D eigenvalue weighted by molar-refractivity contribution is -0.0400. The molecular formula is C17H26F2N2. The minimum Gasteiger partial charge on any atom is -0.312 e. The highest BCUT2D eigenvalue weighted by atomic mass is 19.3. The van der Waals surface area contributed by atoms with Crippen LogP contribution in [0.1, 0.15) is 32.8 Å². The Labute approximate surface area is 126 Å². The van der Waals surface area contributed by atoms with Gasteiger partial charge in [0.2, 0.25) is 0 Å². The Morgan fingerprint density at radius 1 is 1.19 bits per heavy atom. The minimum absolute atomic E-state index is 0.0740. The first-order valence-corrected chi connectivity index (χ1v) is 7.68. The molecule has 0 aromatic heterocycles. The van der Waals surface area contributed by atoms with Crippen LogP contribution in [-0.4, -0.2) is 37.1 Å². The molecule has 1 aromatic carbocycles. The van der Waals surface area contributed by atoms with E-state index >= 15 is 0 Å². The molecule has 1 atom stereocenters. The maximum atomic E-state index is 14.4. The van der Waals surface area contributed by atoms with Crippen molar-refractivity contribution < 1.29 is 8.78 Å². The third-order valence-corrected chi connectivity index (χ3v) is 4.15. The minimum atomic E-state index is -2.80. The number of rotatable bonds is 3. The molecule has 0 radical (unpaired) electrons. The van der Waals surface area contributed by atoms with Crippen molar-refractivity contribution in [2.75, 3.05) is 26.2 Å². The summed E-state index contributed by atoms with van der Waals surface area (Å²) in [5.41, 5.74) is 0.180. The van der Waals surface area contributed by atoms with Gasteiger partial charge in [-0.2, -0.15) is 8.78 Å². The second-order valence-electron chi connectivity index (χ2n) is 7.03. The van der Waals surface area contributed by atoms with Gasteiger partial charge >= 0.3 is 0 Å². The second kappa shape index (κ2) is 6.41. The van der Waals surface area contributed by atoms with Gasteiger partial charge in [0.1, 0.15) is 0 Å². The molecule has 21 heavy (non-hydrogen) atoms. The molecule has 0 spiro atoms. The van der Waals surface area contributed by atoms with Gasteiger partial charge in [-0.3, -0.25) is 4.90 Å². The average molecular weight is 296 g/mol. The third kappa shape index (κ3) is 4.48. The molecular weight excluding hydrogens is 270 g/mol. The number of hydrogen-bond acceptors (Lipinski definition) is 2. The molecule has 0 amide bonds. The van der Waals surface area contributed by atoms with E-state index in [1.165, 1.54) is 12.1 Å². The highest BCUT2D eigenvalue weighted by Gasteiger charge is 2.36. The topological polar surface area (TPSA) is 15.3 Å². The van der Waals surface area contributed by atoms with Gasteiger partial charge in [-0.05, 0) is 24.9 Å². The van der Waals surface area contributed by atoms with Crippen LogP contribution in [0.3, 0.4) is 0 Å². The fourth-order valence-corrected chi connectivity index (χ4v) is 2.77.